The number of fused-ring (bicyclic) bond motifs is 1. The SMILES string of the molecule is Cc1ccc(C2Cc3cc(C(=O)Nc4ccc(C)c(C)c4)ccc3C(=O)O2)cc1. The van der Waals surface area contributed by atoms with Crippen LogP contribution in [0.15, 0.2) is 60.7 Å². The number of carbonyl (C=O) groups excluding carboxylic acids is 2. The molecule has 1 aliphatic heterocycles. The van der Waals surface area contributed by atoms with E-state index < -0.39 is 0 Å². The molecule has 0 spiro atoms. The van der Waals surface area contributed by atoms with E-state index in [4.69, 9.17) is 4.74 Å². The molecule has 0 saturated carbocycles. The predicted octanol–water partition coefficient (Wildman–Crippen LogP) is 5.32. The maximum atomic E-state index is 12.7. The summed E-state index contributed by atoms with van der Waals surface area (Å²) in [6.45, 7) is 6.07. The van der Waals surface area contributed by atoms with Crippen molar-refractivity contribution in [1.29, 1.82) is 0 Å². The molecule has 0 aromatic heterocycles. The van der Waals surface area contributed by atoms with Crippen LogP contribution in [0.25, 0.3) is 0 Å². The van der Waals surface area contributed by atoms with E-state index >= 15 is 0 Å². The van der Waals surface area contributed by atoms with Crippen molar-refractivity contribution in [2.24, 2.45) is 0 Å². The predicted molar refractivity (Wildman–Crippen MR) is 113 cm³/mol. The first-order valence-electron chi connectivity index (χ1n) is 9.70. The van der Waals surface area contributed by atoms with Gasteiger partial charge >= 0.3 is 5.97 Å². The molecule has 0 radical (unpaired) electrons. The zero-order valence-electron chi connectivity index (χ0n) is 16.8. The maximum Gasteiger partial charge on any atom is 0.339 e. The molecule has 1 amide bonds. The van der Waals surface area contributed by atoms with Gasteiger partial charge in [-0.15, -0.1) is 0 Å². The number of hydrogen-bond donors (Lipinski definition) is 1. The van der Waals surface area contributed by atoms with Gasteiger partial charge in [0.05, 0.1) is 5.56 Å². The van der Waals surface area contributed by atoms with Gasteiger partial charge in [-0.1, -0.05) is 35.9 Å². The number of benzene rings is 3. The summed E-state index contributed by atoms with van der Waals surface area (Å²) in [6, 6.07) is 19.0. The molecule has 0 fully saturated rings. The number of anilines is 1. The molecule has 29 heavy (non-hydrogen) atoms. The molecule has 3 aromatic carbocycles. The fourth-order valence-corrected chi connectivity index (χ4v) is 3.53. The van der Waals surface area contributed by atoms with Crippen molar-refractivity contribution in [3.05, 3.63) is 99.6 Å². The molecule has 4 rings (SSSR count). The fourth-order valence-electron chi connectivity index (χ4n) is 3.53. The van der Waals surface area contributed by atoms with Crippen molar-refractivity contribution in [1.82, 2.24) is 0 Å². The van der Waals surface area contributed by atoms with Crippen molar-refractivity contribution in [3.8, 4) is 0 Å². The topological polar surface area (TPSA) is 55.4 Å². The zero-order valence-corrected chi connectivity index (χ0v) is 16.8. The number of aryl methyl sites for hydroxylation is 3. The number of ether oxygens (including phenoxy) is 1. The standard InChI is InChI=1S/C25H23NO3/c1-15-4-7-18(8-5-15)23-14-20-13-19(9-11-22(20)25(28)29-23)24(27)26-21-10-6-16(2)17(3)12-21/h4-13,23H,14H2,1-3H3,(H,26,27). The lowest BCUT2D eigenvalue weighted by atomic mass is 9.92. The monoisotopic (exact) mass is 385 g/mol. The van der Waals surface area contributed by atoms with Crippen LogP contribution in [-0.4, -0.2) is 11.9 Å². The summed E-state index contributed by atoms with van der Waals surface area (Å²) < 4.78 is 5.62. The molecular formula is C25H23NO3. The largest absolute Gasteiger partial charge is 0.454 e. The lowest BCUT2D eigenvalue weighted by Crippen LogP contribution is -2.23. The Hall–Kier alpha value is -3.40. The van der Waals surface area contributed by atoms with Crippen LogP contribution in [0.2, 0.25) is 0 Å². The van der Waals surface area contributed by atoms with Crippen LogP contribution in [0.5, 0.6) is 0 Å². The minimum Gasteiger partial charge on any atom is -0.454 e. The molecule has 146 valence electrons. The number of esters is 1. The lowest BCUT2D eigenvalue weighted by Gasteiger charge is -2.25. The van der Waals surface area contributed by atoms with Crippen LogP contribution in [0.4, 0.5) is 5.69 Å². The molecule has 0 saturated heterocycles. The van der Waals surface area contributed by atoms with E-state index in [0.29, 0.717) is 17.5 Å². The van der Waals surface area contributed by atoms with E-state index in [0.717, 1.165) is 27.9 Å². The van der Waals surface area contributed by atoms with Crippen LogP contribution in [0, 0.1) is 20.8 Å². The molecule has 1 heterocycles. The van der Waals surface area contributed by atoms with Crippen LogP contribution in [-0.2, 0) is 11.2 Å². The van der Waals surface area contributed by atoms with E-state index in [1.165, 1.54) is 5.56 Å². The number of carbonyl (C=O) groups is 2. The van der Waals surface area contributed by atoms with Crippen LogP contribution in [0.3, 0.4) is 0 Å². The Bertz CT molecular complexity index is 1100. The van der Waals surface area contributed by atoms with E-state index in [-0.39, 0.29) is 18.0 Å². The summed E-state index contributed by atoms with van der Waals surface area (Å²) in [6.07, 6.45) is 0.211. The molecule has 1 N–H and O–H groups in total. The van der Waals surface area contributed by atoms with E-state index in [1.54, 1.807) is 18.2 Å². The van der Waals surface area contributed by atoms with Crippen molar-refractivity contribution in [2.75, 3.05) is 5.32 Å². The number of rotatable bonds is 3. The van der Waals surface area contributed by atoms with Gasteiger partial charge in [0, 0.05) is 17.7 Å². The minimum absolute atomic E-state index is 0.193. The normalized spacial score (nSPS) is 15.4. The number of cyclic esters (lactones) is 1. The van der Waals surface area contributed by atoms with E-state index in [1.807, 2.05) is 63.2 Å². The Morgan fingerprint density at radius 3 is 2.41 bits per heavy atom. The molecule has 4 heteroatoms. The van der Waals surface area contributed by atoms with Crippen LogP contribution >= 0.6 is 0 Å². The third kappa shape index (κ3) is 3.92. The maximum absolute atomic E-state index is 12.7. The smallest absolute Gasteiger partial charge is 0.339 e. The summed E-state index contributed by atoms with van der Waals surface area (Å²) in [4.78, 5) is 25.2. The Morgan fingerprint density at radius 2 is 1.69 bits per heavy atom. The van der Waals surface area contributed by atoms with Gasteiger partial charge in [-0.2, -0.15) is 0 Å². The number of nitrogens with one attached hydrogen (secondary N) is 1. The van der Waals surface area contributed by atoms with E-state index in [9.17, 15) is 9.59 Å². The van der Waals surface area contributed by atoms with Gasteiger partial charge in [-0.25, -0.2) is 4.79 Å². The highest BCUT2D eigenvalue weighted by Gasteiger charge is 2.28. The molecule has 0 aliphatic carbocycles. The quantitative estimate of drug-likeness (QED) is 0.621. The molecule has 1 atom stereocenters. The van der Waals surface area contributed by atoms with Crippen molar-refractivity contribution < 1.29 is 14.3 Å². The Balaban J connectivity index is 1.58. The van der Waals surface area contributed by atoms with Gasteiger partial charge in [0.25, 0.3) is 5.91 Å². The molecule has 4 nitrogen and oxygen atoms in total. The van der Waals surface area contributed by atoms with Crippen LogP contribution < -0.4 is 5.32 Å². The van der Waals surface area contributed by atoms with Gasteiger partial charge in [-0.3, -0.25) is 4.79 Å². The summed E-state index contributed by atoms with van der Waals surface area (Å²) >= 11 is 0. The Kier molecular flexibility index (Phi) is 4.93. The van der Waals surface area contributed by atoms with Crippen molar-refractivity contribution in [2.45, 2.75) is 33.3 Å². The summed E-state index contributed by atoms with van der Waals surface area (Å²) in [5.41, 5.74) is 7.05. The highest BCUT2D eigenvalue weighted by Crippen LogP contribution is 2.31. The zero-order chi connectivity index (χ0) is 20.5. The average molecular weight is 385 g/mol. The fraction of sp³-hybridized carbons (Fsp3) is 0.200. The van der Waals surface area contributed by atoms with Gasteiger partial charge in [0.15, 0.2) is 0 Å². The third-order valence-electron chi connectivity index (χ3n) is 5.46. The number of hydrogen-bond acceptors (Lipinski definition) is 3. The van der Waals surface area contributed by atoms with Gasteiger partial charge < -0.3 is 10.1 Å². The van der Waals surface area contributed by atoms with Crippen molar-refractivity contribution >= 4 is 17.6 Å². The molecule has 0 bridgehead atoms. The number of amides is 1. The summed E-state index contributed by atoms with van der Waals surface area (Å²) in [5, 5.41) is 2.94. The average Bonchev–Trinajstić information content (AvgIpc) is 2.71. The Labute approximate surface area is 170 Å². The van der Waals surface area contributed by atoms with Gasteiger partial charge in [-0.05, 0) is 73.4 Å². The highest BCUT2D eigenvalue weighted by atomic mass is 16.5. The second-order valence-corrected chi connectivity index (χ2v) is 7.63. The van der Waals surface area contributed by atoms with E-state index in [2.05, 4.69) is 5.32 Å². The second kappa shape index (κ2) is 7.55. The lowest BCUT2D eigenvalue weighted by molar-refractivity contribution is 0.0252. The molecule has 1 unspecified atom stereocenters. The van der Waals surface area contributed by atoms with Gasteiger partial charge in [0.2, 0.25) is 0 Å². The Morgan fingerprint density at radius 1 is 0.931 bits per heavy atom. The first-order valence-corrected chi connectivity index (χ1v) is 9.70. The molecule has 3 aromatic rings. The first kappa shape index (κ1) is 18.9. The minimum atomic E-state index is -0.349. The highest BCUT2D eigenvalue weighted by molar-refractivity contribution is 6.05. The summed E-state index contributed by atoms with van der Waals surface area (Å²) in [7, 11) is 0. The second-order valence-electron chi connectivity index (χ2n) is 7.63. The van der Waals surface area contributed by atoms with Crippen molar-refractivity contribution in [3.63, 3.8) is 0 Å². The third-order valence-corrected chi connectivity index (χ3v) is 5.46. The molecule has 1 aliphatic rings. The molecular weight excluding hydrogens is 362 g/mol. The van der Waals surface area contributed by atoms with Crippen LogP contribution in [0.1, 0.15) is 54.6 Å². The van der Waals surface area contributed by atoms with Gasteiger partial charge in [0.1, 0.15) is 6.10 Å². The summed E-state index contributed by atoms with van der Waals surface area (Å²) in [5.74, 6) is -0.542. The first-order chi connectivity index (χ1) is 13.9.